The lowest BCUT2D eigenvalue weighted by Gasteiger charge is -2.34. The average molecular weight is 549 g/mol. The zero-order valence-corrected chi connectivity index (χ0v) is 22.0. The number of carbonyl (C=O) groups excluding carboxylic acids is 3. The van der Waals surface area contributed by atoms with E-state index in [0.717, 1.165) is 19.2 Å². The van der Waals surface area contributed by atoms with Crippen molar-refractivity contribution in [1.82, 2.24) is 0 Å². The highest BCUT2D eigenvalue weighted by molar-refractivity contribution is 5.87. The molecular formula is C29H31F3O7. The summed E-state index contributed by atoms with van der Waals surface area (Å²) in [5, 5.41) is 0. The van der Waals surface area contributed by atoms with Gasteiger partial charge in [-0.25, -0.2) is 9.59 Å². The van der Waals surface area contributed by atoms with E-state index >= 15 is 0 Å². The molecule has 8 atom stereocenters. The highest BCUT2D eigenvalue weighted by atomic mass is 19.4. The van der Waals surface area contributed by atoms with Crippen molar-refractivity contribution < 1.29 is 46.5 Å². The van der Waals surface area contributed by atoms with Crippen LogP contribution in [0.1, 0.15) is 32.3 Å². The Labute approximate surface area is 224 Å². The van der Waals surface area contributed by atoms with Crippen LogP contribution in [-0.2, 0) is 38.9 Å². The number of alkyl halides is 3. The Morgan fingerprint density at radius 1 is 1.10 bits per heavy atom. The fraction of sp³-hybridized carbons (Fsp3) is 0.483. The third-order valence-electron chi connectivity index (χ3n) is 8.12. The molecule has 0 bridgehead atoms. The Morgan fingerprint density at radius 2 is 1.74 bits per heavy atom. The summed E-state index contributed by atoms with van der Waals surface area (Å²) < 4.78 is 64.9. The number of carbonyl (C=O) groups is 3. The van der Waals surface area contributed by atoms with Crippen molar-refractivity contribution in [2.24, 2.45) is 23.7 Å². The smallest absolute Gasteiger partial charge is 0.432 e. The predicted molar refractivity (Wildman–Crippen MR) is 133 cm³/mol. The summed E-state index contributed by atoms with van der Waals surface area (Å²) in [6.45, 7) is 15.0. The number of methoxy groups -OCH3 is 1. The van der Waals surface area contributed by atoms with Crippen LogP contribution < -0.4 is 0 Å². The number of halogens is 3. The molecule has 0 radical (unpaired) electrons. The zero-order valence-electron chi connectivity index (χ0n) is 22.0. The van der Waals surface area contributed by atoms with Crippen molar-refractivity contribution in [3.05, 3.63) is 72.4 Å². The molecule has 1 aromatic carbocycles. The molecule has 3 aliphatic rings. The number of hydrogen-bond acceptors (Lipinski definition) is 7. The summed E-state index contributed by atoms with van der Waals surface area (Å²) in [5.74, 6) is -4.94. The Morgan fingerprint density at radius 3 is 2.31 bits per heavy atom. The predicted octanol–water partition coefficient (Wildman–Crippen LogP) is 4.82. The number of ether oxygens (including phenoxy) is 4. The molecule has 1 aliphatic heterocycles. The molecule has 3 fully saturated rings. The van der Waals surface area contributed by atoms with Gasteiger partial charge in [0.2, 0.25) is 0 Å². The van der Waals surface area contributed by atoms with E-state index in [4.69, 9.17) is 18.9 Å². The molecule has 210 valence electrons. The van der Waals surface area contributed by atoms with Gasteiger partial charge in [0.25, 0.3) is 5.60 Å². The second kappa shape index (κ2) is 10.3. The van der Waals surface area contributed by atoms with E-state index in [2.05, 4.69) is 19.7 Å². The Bertz CT molecular complexity index is 1210. The molecule has 4 rings (SSSR count). The SMILES string of the molecule is C=C(C)C(=O)O[C@H]1CC(=C)[C@@H]2C[C@@H](OC(=O)[C@](OC)(c3ccccc3)C(F)(F)F)C(=C)[C@@H]2[C@H]2OC(=O)[C@@H](C)[C@@H]21. The second-order valence-electron chi connectivity index (χ2n) is 10.4. The van der Waals surface area contributed by atoms with Crippen molar-refractivity contribution >= 4 is 17.9 Å². The molecule has 10 heteroatoms. The van der Waals surface area contributed by atoms with Crippen LogP contribution in [0, 0.1) is 23.7 Å². The fourth-order valence-electron chi connectivity index (χ4n) is 6.10. The Balaban J connectivity index is 1.65. The first-order valence-corrected chi connectivity index (χ1v) is 12.6. The number of fused-ring (bicyclic) bond motifs is 3. The summed E-state index contributed by atoms with van der Waals surface area (Å²) in [6, 6.07) is 6.54. The molecule has 2 saturated carbocycles. The molecule has 2 aliphatic carbocycles. The van der Waals surface area contributed by atoms with E-state index in [1.54, 1.807) is 6.92 Å². The normalized spacial score (nSPS) is 31.8. The maximum Gasteiger partial charge on any atom is 0.432 e. The number of esters is 3. The lowest BCUT2D eigenvalue weighted by Crippen LogP contribution is -2.52. The van der Waals surface area contributed by atoms with Crippen molar-refractivity contribution in [3.8, 4) is 0 Å². The first-order chi connectivity index (χ1) is 18.2. The maximum atomic E-state index is 14.4. The second-order valence-corrected chi connectivity index (χ2v) is 10.4. The highest BCUT2D eigenvalue weighted by Gasteiger charge is 2.65. The number of rotatable bonds is 6. The molecule has 0 amide bonds. The van der Waals surface area contributed by atoms with Crippen molar-refractivity contribution in [2.75, 3.05) is 7.11 Å². The molecule has 1 heterocycles. The molecule has 0 spiro atoms. The highest BCUT2D eigenvalue weighted by Crippen LogP contribution is 2.54. The van der Waals surface area contributed by atoms with Gasteiger partial charge in [0.05, 0.1) is 5.92 Å². The summed E-state index contributed by atoms with van der Waals surface area (Å²) in [6.07, 6.45) is -7.48. The first-order valence-electron chi connectivity index (χ1n) is 12.6. The first kappa shape index (κ1) is 28.6. The molecule has 1 aromatic rings. The van der Waals surface area contributed by atoms with Crippen LogP contribution in [0.25, 0.3) is 0 Å². The van der Waals surface area contributed by atoms with E-state index in [9.17, 15) is 27.6 Å². The molecule has 0 N–H and O–H groups in total. The molecule has 1 saturated heterocycles. The van der Waals surface area contributed by atoms with Crippen LogP contribution in [0.5, 0.6) is 0 Å². The standard InChI is InChI=1S/C29H31F3O7/c1-14(2)25(33)37-21-12-15(3)19-13-20(16(4)22(19)24-23(21)17(5)26(34)39-24)38-27(35)28(36-6,29(30,31)32)18-10-8-7-9-11-18/h7-11,17,19-24H,1,3-4,12-13H2,2,5-6H3/t17-,19-,20+,21-,22-,23+,24+,28+/m0/s1. The lowest BCUT2D eigenvalue weighted by atomic mass is 9.79. The third-order valence-corrected chi connectivity index (χ3v) is 8.12. The minimum Gasteiger partial charge on any atom is -0.461 e. The van der Waals surface area contributed by atoms with E-state index in [0.29, 0.717) is 11.1 Å². The van der Waals surface area contributed by atoms with E-state index < -0.39 is 77.2 Å². The van der Waals surface area contributed by atoms with Crippen LogP contribution in [0.2, 0.25) is 0 Å². The van der Waals surface area contributed by atoms with Gasteiger partial charge in [0, 0.05) is 36.5 Å². The topological polar surface area (TPSA) is 88.1 Å². The molecule has 0 unspecified atom stereocenters. The minimum absolute atomic E-state index is 0.0802. The van der Waals surface area contributed by atoms with Gasteiger partial charge in [-0.2, -0.15) is 13.2 Å². The van der Waals surface area contributed by atoms with Crippen molar-refractivity contribution in [3.63, 3.8) is 0 Å². The van der Waals surface area contributed by atoms with Gasteiger partial charge < -0.3 is 18.9 Å². The van der Waals surface area contributed by atoms with Gasteiger partial charge in [0.1, 0.15) is 18.3 Å². The van der Waals surface area contributed by atoms with Gasteiger partial charge in [-0.05, 0) is 24.8 Å². The van der Waals surface area contributed by atoms with Crippen LogP contribution in [0.15, 0.2) is 66.8 Å². The molecule has 39 heavy (non-hydrogen) atoms. The molecular weight excluding hydrogens is 517 g/mol. The van der Waals surface area contributed by atoms with E-state index in [-0.39, 0.29) is 18.4 Å². The third kappa shape index (κ3) is 4.68. The summed E-state index contributed by atoms with van der Waals surface area (Å²) >= 11 is 0. The molecule has 0 aromatic heterocycles. The summed E-state index contributed by atoms with van der Waals surface area (Å²) in [5.41, 5.74) is -2.64. The van der Waals surface area contributed by atoms with Crippen LogP contribution in [0.4, 0.5) is 13.2 Å². The fourth-order valence-corrected chi connectivity index (χ4v) is 6.10. The number of benzene rings is 1. The van der Waals surface area contributed by atoms with Gasteiger partial charge in [-0.15, -0.1) is 0 Å². The number of hydrogen-bond donors (Lipinski definition) is 0. The van der Waals surface area contributed by atoms with Crippen LogP contribution in [-0.4, -0.2) is 49.5 Å². The zero-order chi connectivity index (χ0) is 28.9. The average Bonchev–Trinajstić information content (AvgIpc) is 3.30. The van der Waals surface area contributed by atoms with Gasteiger partial charge in [0.15, 0.2) is 0 Å². The van der Waals surface area contributed by atoms with Crippen LogP contribution in [0.3, 0.4) is 0 Å². The minimum atomic E-state index is -5.13. The summed E-state index contributed by atoms with van der Waals surface area (Å²) in [4.78, 5) is 38.3. The quantitative estimate of drug-likeness (QED) is 0.218. The monoisotopic (exact) mass is 548 g/mol. The van der Waals surface area contributed by atoms with E-state index in [1.165, 1.54) is 25.1 Å². The maximum absolute atomic E-state index is 14.4. The largest absolute Gasteiger partial charge is 0.461 e. The van der Waals surface area contributed by atoms with E-state index in [1.807, 2.05) is 0 Å². The van der Waals surface area contributed by atoms with Gasteiger partial charge in [-0.3, -0.25) is 4.79 Å². The van der Waals surface area contributed by atoms with Crippen molar-refractivity contribution in [2.45, 2.75) is 56.8 Å². The van der Waals surface area contributed by atoms with Gasteiger partial charge >= 0.3 is 24.1 Å². The lowest BCUT2D eigenvalue weighted by molar-refractivity contribution is -0.277. The Kier molecular flexibility index (Phi) is 7.55. The van der Waals surface area contributed by atoms with Crippen molar-refractivity contribution in [1.29, 1.82) is 0 Å². The summed E-state index contributed by atoms with van der Waals surface area (Å²) in [7, 11) is 0.799. The van der Waals surface area contributed by atoms with Gasteiger partial charge in [-0.1, -0.05) is 62.6 Å². The molecule has 7 nitrogen and oxygen atoms in total. The Hall–Kier alpha value is -3.40. The van der Waals surface area contributed by atoms with Crippen LogP contribution >= 0.6 is 0 Å².